The predicted octanol–water partition coefficient (Wildman–Crippen LogP) is 1.15. The highest BCUT2D eigenvalue weighted by Crippen LogP contribution is 2.15. The Bertz CT molecular complexity index is 446. The van der Waals surface area contributed by atoms with E-state index in [9.17, 15) is 14.7 Å². The molecule has 1 aromatic rings. The van der Waals surface area contributed by atoms with Crippen LogP contribution in [-0.2, 0) is 16.0 Å². The predicted molar refractivity (Wildman–Crippen MR) is 56.3 cm³/mol. The Hall–Kier alpha value is -1.78. The van der Waals surface area contributed by atoms with Crippen molar-refractivity contribution in [1.29, 1.82) is 0 Å². The van der Waals surface area contributed by atoms with Crippen LogP contribution in [0.3, 0.4) is 0 Å². The third-order valence-electron chi connectivity index (χ3n) is 2.07. The van der Waals surface area contributed by atoms with Crippen molar-refractivity contribution in [3.05, 3.63) is 27.8 Å². The lowest BCUT2D eigenvalue weighted by molar-refractivity contribution is -0.145. The second-order valence-corrected chi connectivity index (χ2v) is 3.63. The molecule has 0 saturated carbocycles. The summed E-state index contributed by atoms with van der Waals surface area (Å²) in [6.07, 6.45) is -0.148. The van der Waals surface area contributed by atoms with Gasteiger partial charge in [-0.3, -0.25) is 4.79 Å². The molecule has 0 fully saturated rings. The number of aromatic hydroxyl groups is 1. The van der Waals surface area contributed by atoms with Gasteiger partial charge in [0.15, 0.2) is 0 Å². The third kappa shape index (κ3) is 3.12. The Balaban J connectivity index is 2.82. The molecule has 0 aliphatic carbocycles. The molecule has 16 heavy (non-hydrogen) atoms. The molecule has 1 rings (SSSR count). The Morgan fingerprint density at radius 2 is 2.25 bits per heavy atom. The molecule has 0 aliphatic rings. The van der Waals surface area contributed by atoms with Crippen molar-refractivity contribution in [3.63, 3.8) is 0 Å². The number of carbonyl (C=O) groups excluding carboxylic acids is 1. The van der Waals surface area contributed by atoms with Gasteiger partial charge in [0.1, 0.15) is 17.6 Å². The second kappa shape index (κ2) is 4.83. The van der Waals surface area contributed by atoms with E-state index in [0.717, 1.165) is 0 Å². The van der Waals surface area contributed by atoms with Crippen LogP contribution in [0.2, 0.25) is 0 Å². The normalized spacial score (nSPS) is 12.2. The SMILES string of the molecule is CC(=O)O[C@@H](C)Cc1cc(O)c(C)c(=O)o1. The quantitative estimate of drug-likeness (QED) is 0.782. The van der Waals surface area contributed by atoms with Gasteiger partial charge in [-0.15, -0.1) is 0 Å². The first-order valence-corrected chi connectivity index (χ1v) is 4.90. The maximum absolute atomic E-state index is 11.2. The van der Waals surface area contributed by atoms with Gasteiger partial charge in [0.2, 0.25) is 0 Å². The van der Waals surface area contributed by atoms with Gasteiger partial charge in [0, 0.05) is 19.4 Å². The summed E-state index contributed by atoms with van der Waals surface area (Å²) in [5.41, 5.74) is -0.408. The first-order chi connectivity index (χ1) is 7.40. The summed E-state index contributed by atoms with van der Waals surface area (Å²) in [6.45, 7) is 4.46. The van der Waals surface area contributed by atoms with E-state index in [2.05, 4.69) is 0 Å². The van der Waals surface area contributed by atoms with Crippen LogP contribution >= 0.6 is 0 Å². The summed E-state index contributed by atoms with van der Waals surface area (Å²) < 4.78 is 9.82. The summed E-state index contributed by atoms with van der Waals surface area (Å²) in [4.78, 5) is 21.9. The molecule has 0 spiro atoms. The molecule has 0 aromatic carbocycles. The molecule has 0 saturated heterocycles. The molecular formula is C11H14O5. The molecule has 88 valence electrons. The van der Waals surface area contributed by atoms with Gasteiger partial charge < -0.3 is 14.3 Å². The highest BCUT2D eigenvalue weighted by molar-refractivity contribution is 5.66. The maximum atomic E-state index is 11.2. The summed E-state index contributed by atoms with van der Waals surface area (Å²) in [5.74, 6) is -0.214. The van der Waals surface area contributed by atoms with E-state index < -0.39 is 17.7 Å². The summed E-state index contributed by atoms with van der Waals surface area (Å²) >= 11 is 0. The van der Waals surface area contributed by atoms with Gasteiger partial charge in [-0.05, 0) is 13.8 Å². The van der Waals surface area contributed by atoms with Crippen LogP contribution in [-0.4, -0.2) is 17.2 Å². The van der Waals surface area contributed by atoms with Gasteiger partial charge >= 0.3 is 11.6 Å². The lowest BCUT2D eigenvalue weighted by atomic mass is 10.2. The van der Waals surface area contributed by atoms with Crippen LogP contribution in [0.5, 0.6) is 5.75 Å². The van der Waals surface area contributed by atoms with Crippen LogP contribution in [0.1, 0.15) is 25.2 Å². The monoisotopic (exact) mass is 226 g/mol. The molecule has 1 atom stereocenters. The van der Waals surface area contributed by atoms with Crippen LogP contribution in [0, 0.1) is 6.92 Å². The molecule has 0 radical (unpaired) electrons. The number of hydrogen-bond acceptors (Lipinski definition) is 5. The van der Waals surface area contributed by atoms with Crippen molar-refractivity contribution in [1.82, 2.24) is 0 Å². The zero-order valence-electron chi connectivity index (χ0n) is 9.44. The zero-order valence-corrected chi connectivity index (χ0v) is 9.44. The lowest BCUT2D eigenvalue weighted by Gasteiger charge is -2.10. The maximum Gasteiger partial charge on any atom is 0.342 e. The molecule has 5 heteroatoms. The summed E-state index contributed by atoms with van der Waals surface area (Å²) in [5, 5.41) is 9.41. The Labute approximate surface area is 92.7 Å². The largest absolute Gasteiger partial charge is 0.507 e. The molecule has 0 aliphatic heterocycles. The van der Waals surface area contributed by atoms with Crippen molar-refractivity contribution < 1.29 is 19.1 Å². The summed E-state index contributed by atoms with van der Waals surface area (Å²) in [7, 11) is 0. The first-order valence-electron chi connectivity index (χ1n) is 4.90. The van der Waals surface area contributed by atoms with Crippen molar-refractivity contribution >= 4 is 5.97 Å². The van der Waals surface area contributed by atoms with Gasteiger partial charge in [-0.1, -0.05) is 0 Å². The molecule has 1 heterocycles. The van der Waals surface area contributed by atoms with Crippen LogP contribution in [0.15, 0.2) is 15.3 Å². The van der Waals surface area contributed by atoms with Crippen LogP contribution < -0.4 is 5.63 Å². The highest BCUT2D eigenvalue weighted by atomic mass is 16.5. The Morgan fingerprint density at radius 3 is 2.75 bits per heavy atom. The zero-order chi connectivity index (χ0) is 12.3. The van der Waals surface area contributed by atoms with E-state index in [-0.39, 0.29) is 17.7 Å². The molecule has 1 aromatic heterocycles. The van der Waals surface area contributed by atoms with Gasteiger partial charge in [-0.2, -0.15) is 0 Å². The first kappa shape index (κ1) is 12.3. The topological polar surface area (TPSA) is 76.7 Å². The summed E-state index contributed by atoms with van der Waals surface area (Å²) in [6, 6.07) is 1.36. The average Bonchev–Trinajstić information content (AvgIpc) is 2.12. The van der Waals surface area contributed by atoms with Crippen molar-refractivity contribution in [2.45, 2.75) is 33.3 Å². The van der Waals surface area contributed by atoms with Crippen LogP contribution in [0.25, 0.3) is 0 Å². The number of carbonyl (C=O) groups is 1. The molecule has 0 unspecified atom stereocenters. The number of hydrogen-bond donors (Lipinski definition) is 1. The van der Waals surface area contributed by atoms with E-state index in [1.807, 2.05) is 0 Å². The van der Waals surface area contributed by atoms with Crippen molar-refractivity contribution in [3.8, 4) is 5.75 Å². The van der Waals surface area contributed by atoms with Crippen LogP contribution in [0.4, 0.5) is 0 Å². The van der Waals surface area contributed by atoms with E-state index in [1.165, 1.54) is 19.9 Å². The van der Waals surface area contributed by atoms with Gasteiger partial charge in [0.25, 0.3) is 0 Å². The van der Waals surface area contributed by atoms with Gasteiger partial charge in [0.05, 0.1) is 5.56 Å². The Morgan fingerprint density at radius 1 is 1.62 bits per heavy atom. The van der Waals surface area contributed by atoms with E-state index in [1.54, 1.807) is 6.92 Å². The number of esters is 1. The number of ether oxygens (including phenoxy) is 1. The minimum atomic E-state index is -0.579. The third-order valence-corrected chi connectivity index (χ3v) is 2.07. The fourth-order valence-corrected chi connectivity index (χ4v) is 1.30. The standard InChI is InChI=1S/C11H14O5/c1-6(15-8(3)12)4-9-5-10(13)7(2)11(14)16-9/h5-6,13H,4H2,1-3H3/t6-/m0/s1. The molecule has 0 amide bonds. The molecule has 5 nitrogen and oxygen atoms in total. The van der Waals surface area contributed by atoms with E-state index in [4.69, 9.17) is 9.15 Å². The van der Waals surface area contributed by atoms with Crippen molar-refractivity contribution in [2.24, 2.45) is 0 Å². The molecular weight excluding hydrogens is 212 g/mol. The Kier molecular flexibility index (Phi) is 3.71. The van der Waals surface area contributed by atoms with Gasteiger partial charge in [-0.25, -0.2) is 4.79 Å². The fraction of sp³-hybridized carbons (Fsp3) is 0.455. The van der Waals surface area contributed by atoms with E-state index >= 15 is 0 Å². The fourth-order valence-electron chi connectivity index (χ4n) is 1.30. The molecule has 0 bridgehead atoms. The lowest BCUT2D eigenvalue weighted by Crippen LogP contribution is -2.16. The smallest absolute Gasteiger partial charge is 0.342 e. The van der Waals surface area contributed by atoms with E-state index in [0.29, 0.717) is 5.76 Å². The highest BCUT2D eigenvalue weighted by Gasteiger charge is 2.12. The van der Waals surface area contributed by atoms with Crippen molar-refractivity contribution in [2.75, 3.05) is 0 Å². The molecule has 1 N–H and O–H groups in total. The number of rotatable bonds is 3. The average molecular weight is 226 g/mol. The minimum Gasteiger partial charge on any atom is -0.507 e. The second-order valence-electron chi connectivity index (χ2n) is 3.63. The minimum absolute atomic E-state index is 0.110.